The van der Waals surface area contributed by atoms with Gasteiger partial charge in [0.25, 0.3) is 18.2 Å². The summed E-state index contributed by atoms with van der Waals surface area (Å²) in [5, 5.41) is 14.7. The van der Waals surface area contributed by atoms with Gasteiger partial charge in [-0.25, -0.2) is 14.3 Å². The molecule has 0 aliphatic heterocycles. The van der Waals surface area contributed by atoms with E-state index < -0.39 is 29.8 Å². The van der Waals surface area contributed by atoms with E-state index in [0.717, 1.165) is 12.5 Å². The number of nitrogens with two attached hydrogens (primary N) is 1. The van der Waals surface area contributed by atoms with Crippen LogP contribution in [0.2, 0.25) is 0 Å². The van der Waals surface area contributed by atoms with Crippen LogP contribution in [0.5, 0.6) is 0 Å². The number of hydroxylamine groups is 1. The van der Waals surface area contributed by atoms with Crippen LogP contribution < -0.4 is 16.5 Å². The zero-order valence-corrected chi connectivity index (χ0v) is 15.0. The van der Waals surface area contributed by atoms with Gasteiger partial charge in [-0.3, -0.25) is 14.8 Å². The molecule has 142 valence electrons. The van der Waals surface area contributed by atoms with Crippen LogP contribution in [0.25, 0.3) is 0 Å². The van der Waals surface area contributed by atoms with Crippen LogP contribution in [0, 0.1) is 11.8 Å². The molecule has 2 rings (SSSR count). The third kappa shape index (κ3) is 5.10. The highest BCUT2D eigenvalue weighted by Gasteiger charge is 2.44. The minimum Gasteiger partial charge on any atom is -0.338 e. The Balaban J connectivity index is 2.15. The number of benzene rings is 1. The average molecular weight is 393 g/mol. The molecule has 0 fully saturated rings. The summed E-state index contributed by atoms with van der Waals surface area (Å²) in [4.78, 5) is 24.0. The van der Waals surface area contributed by atoms with Crippen LogP contribution >= 0.6 is 11.3 Å². The van der Waals surface area contributed by atoms with E-state index in [0.29, 0.717) is 5.56 Å². The van der Waals surface area contributed by atoms with Crippen molar-refractivity contribution in [2.24, 2.45) is 5.73 Å². The van der Waals surface area contributed by atoms with Gasteiger partial charge < -0.3 is 11.1 Å². The van der Waals surface area contributed by atoms with E-state index in [2.05, 4.69) is 17.2 Å². The van der Waals surface area contributed by atoms with Gasteiger partial charge in [-0.2, -0.15) is 11.3 Å². The zero-order chi connectivity index (χ0) is 20.0. The van der Waals surface area contributed by atoms with Crippen LogP contribution in [0.4, 0.5) is 8.78 Å². The molecular weight excluding hydrogens is 376 g/mol. The number of carbonyl (C=O) groups excluding carboxylic acids is 2. The number of thiophene rings is 1. The van der Waals surface area contributed by atoms with Gasteiger partial charge in [0, 0.05) is 22.1 Å². The summed E-state index contributed by atoms with van der Waals surface area (Å²) in [5.74, 6) is 3.85. The van der Waals surface area contributed by atoms with Crippen LogP contribution in [0.3, 0.4) is 0 Å². The highest BCUT2D eigenvalue weighted by Crippen LogP contribution is 2.18. The number of amides is 2. The van der Waals surface area contributed by atoms with Crippen LogP contribution in [0.15, 0.2) is 41.1 Å². The predicted octanol–water partition coefficient (Wildman–Crippen LogP) is 1.73. The molecule has 0 spiro atoms. The smallest absolute Gasteiger partial charge is 0.268 e. The lowest BCUT2D eigenvalue weighted by atomic mass is 9.92. The SMILES string of the molecule is CC(N)(C(F)F)[C@H](NC(=O)c1ccc(C#Cc2ccsc2)cc1)C(=O)NO. The third-order valence-electron chi connectivity index (χ3n) is 3.76. The summed E-state index contributed by atoms with van der Waals surface area (Å²) in [7, 11) is 0. The second-order valence-electron chi connectivity index (χ2n) is 5.89. The molecule has 1 heterocycles. The molecule has 0 aliphatic carbocycles. The summed E-state index contributed by atoms with van der Waals surface area (Å²) >= 11 is 1.53. The molecule has 0 saturated heterocycles. The molecular formula is C18H17F2N3O3S. The van der Waals surface area contributed by atoms with E-state index >= 15 is 0 Å². The van der Waals surface area contributed by atoms with Gasteiger partial charge in [-0.05, 0) is 42.6 Å². The van der Waals surface area contributed by atoms with E-state index in [1.165, 1.54) is 28.9 Å². The molecule has 27 heavy (non-hydrogen) atoms. The minimum atomic E-state index is -3.12. The van der Waals surface area contributed by atoms with Gasteiger partial charge in [-0.1, -0.05) is 11.8 Å². The Kier molecular flexibility index (Phi) is 6.63. The van der Waals surface area contributed by atoms with E-state index in [1.54, 1.807) is 12.1 Å². The maximum Gasteiger partial charge on any atom is 0.268 e. The van der Waals surface area contributed by atoms with Crippen molar-refractivity contribution in [3.8, 4) is 11.8 Å². The molecule has 0 aliphatic rings. The van der Waals surface area contributed by atoms with Crippen molar-refractivity contribution < 1.29 is 23.6 Å². The number of hydrogen-bond donors (Lipinski definition) is 4. The van der Waals surface area contributed by atoms with Crippen molar-refractivity contribution in [2.45, 2.75) is 24.9 Å². The molecule has 0 saturated carbocycles. The number of rotatable bonds is 5. The monoisotopic (exact) mass is 393 g/mol. The topological polar surface area (TPSA) is 104 Å². The standard InChI is InChI=1S/C18H17F2N3O3S/c1-18(21,17(19)20)14(16(25)23-26)22-15(24)13-6-4-11(5-7-13)2-3-12-8-9-27-10-12/h4-10,14,17,26H,21H2,1H3,(H,22,24)(H,23,25)/t14-,18?/m1/s1. The van der Waals surface area contributed by atoms with Crippen molar-refractivity contribution in [2.75, 3.05) is 0 Å². The van der Waals surface area contributed by atoms with Crippen molar-refractivity contribution >= 4 is 23.2 Å². The van der Waals surface area contributed by atoms with Crippen molar-refractivity contribution in [1.29, 1.82) is 0 Å². The molecule has 5 N–H and O–H groups in total. The summed E-state index contributed by atoms with van der Waals surface area (Å²) < 4.78 is 26.2. The molecule has 0 radical (unpaired) electrons. The van der Waals surface area contributed by atoms with Gasteiger partial charge >= 0.3 is 0 Å². The summed E-state index contributed by atoms with van der Waals surface area (Å²) in [6.07, 6.45) is -3.12. The fourth-order valence-electron chi connectivity index (χ4n) is 2.09. The fourth-order valence-corrected chi connectivity index (χ4v) is 2.68. The van der Waals surface area contributed by atoms with Gasteiger partial charge in [0.2, 0.25) is 0 Å². The second kappa shape index (κ2) is 8.73. The highest BCUT2D eigenvalue weighted by atomic mass is 32.1. The first-order valence-corrected chi connectivity index (χ1v) is 8.66. The van der Waals surface area contributed by atoms with Gasteiger partial charge in [0.1, 0.15) is 11.6 Å². The Morgan fingerprint density at radius 3 is 2.33 bits per heavy atom. The number of hydrogen-bond acceptors (Lipinski definition) is 5. The molecule has 0 bridgehead atoms. The van der Waals surface area contributed by atoms with Crippen molar-refractivity contribution in [1.82, 2.24) is 10.8 Å². The Bertz CT molecular complexity index is 856. The van der Waals surface area contributed by atoms with Crippen LogP contribution in [0.1, 0.15) is 28.4 Å². The Morgan fingerprint density at radius 1 is 1.19 bits per heavy atom. The summed E-state index contributed by atoms with van der Waals surface area (Å²) in [5.41, 5.74) is 5.96. The molecule has 1 aromatic carbocycles. The van der Waals surface area contributed by atoms with Crippen LogP contribution in [-0.4, -0.2) is 35.0 Å². The molecule has 6 nitrogen and oxygen atoms in total. The molecule has 2 atom stereocenters. The van der Waals surface area contributed by atoms with E-state index in [4.69, 9.17) is 10.9 Å². The van der Waals surface area contributed by atoms with E-state index in [1.807, 2.05) is 16.8 Å². The van der Waals surface area contributed by atoms with Gasteiger partial charge in [0.05, 0.1) is 0 Å². The van der Waals surface area contributed by atoms with Crippen LogP contribution in [-0.2, 0) is 4.79 Å². The second-order valence-corrected chi connectivity index (χ2v) is 6.67. The maximum atomic E-state index is 13.1. The number of halogens is 2. The lowest BCUT2D eigenvalue weighted by Crippen LogP contribution is -2.66. The number of carbonyl (C=O) groups is 2. The predicted molar refractivity (Wildman–Crippen MR) is 96.5 cm³/mol. The Hall–Kier alpha value is -2.80. The molecule has 2 amide bonds. The molecule has 1 aromatic heterocycles. The first-order chi connectivity index (χ1) is 12.8. The van der Waals surface area contributed by atoms with Crippen molar-refractivity contribution in [3.05, 3.63) is 57.8 Å². The largest absolute Gasteiger partial charge is 0.338 e. The first-order valence-electron chi connectivity index (χ1n) is 7.72. The lowest BCUT2D eigenvalue weighted by Gasteiger charge is -2.32. The van der Waals surface area contributed by atoms with Gasteiger partial charge in [-0.15, -0.1) is 0 Å². The molecule has 2 aromatic rings. The lowest BCUT2D eigenvalue weighted by molar-refractivity contribution is -0.134. The highest BCUT2D eigenvalue weighted by molar-refractivity contribution is 7.08. The average Bonchev–Trinajstić information content (AvgIpc) is 3.17. The number of nitrogens with one attached hydrogen (secondary N) is 2. The number of alkyl halides is 2. The Morgan fingerprint density at radius 2 is 1.81 bits per heavy atom. The normalized spacial score (nSPS) is 13.9. The first kappa shape index (κ1) is 20.5. The summed E-state index contributed by atoms with van der Waals surface area (Å²) in [6.45, 7) is 0.904. The fraction of sp³-hybridized carbons (Fsp3) is 0.222. The Labute approximate surface area is 158 Å². The van der Waals surface area contributed by atoms with E-state index in [-0.39, 0.29) is 5.56 Å². The summed E-state index contributed by atoms with van der Waals surface area (Å²) in [6, 6.07) is 6.09. The maximum absolute atomic E-state index is 13.1. The molecule has 1 unspecified atom stereocenters. The minimum absolute atomic E-state index is 0.122. The van der Waals surface area contributed by atoms with Crippen molar-refractivity contribution in [3.63, 3.8) is 0 Å². The van der Waals surface area contributed by atoms with E-state index in [9.17, 15) is 18.4 Å². The molecule has 9 heteroatoms. The zero-order valence-electron chi connectivity index (χ0n) is 14.2. The third-order valence-corrected chi connectivity index (χ3v) is 4.44. The quantitative estimate of drug-likeness (QED) is 0.353. The van der Waals surface area contributed by atoms with Gasteiger partial charge in [0.15, 0.2) is 0 Å².